The number of anilines is 2. The van der Waals surface area contributed by atoms with Crippen LogP contribution in [0.4, 0.5) is 11.6 Å². The van der Waals surface area contributed by atoms with Crippen molar-refractivity contribution in [1.29, 1.82) is 0 Å². The first kappa shape index (κ1) is 16.0. The zero-order chi connectivity index (χ0) is 18.4. The van der Waals surface area contributed by atoms with Crippen LogP contribution in [0.2, 0.25) is 0 Å². The number of fused-ring (bicyclic) bond motifs is 2. The third-order valence-corrected chi connectivity index (χ3v) is 5.68. The van der Waals surface area contributed by atoms with Crippen LogP contribution < -0.4 is 9.80 Å². The average Bonchev–Trinajstić information content (AvgIpc) is 3.36. The summed E-state index contributed by atoms with van der Waals surface area (Å²) in [5, 5.41) is 8.58. The highest BCUT2D eigenvalue weighted by atomic mass is 15.3. The summed E-state index contributed by atoms with van der Waals surface area (Å²) in [5.74, 6) is 2.51. The molecule has 4 aromatic heterocycles. The van der Waals surface area contributed by atoms with E-state index in [1.807, 2.05) is 33.6 Å². The van der Waals surface area contributed by atoms with Gasteiger partial charge in [-0.25, -0.2) is 19.0 Å². The maximum Gasteiger partial charge on any atom is 0.156 e. The molecule has 1 saturated heterocycles. The highest BCUT2D eigenvalue weighted by Gasteiger charge is 2.32. The molecule has 27 heavy (non-hydrogen) atoms. The average molecular weight is 362 g/mol. The second kappa shape index (κ2) is 6.22. The summed E-state index contributed by atoms with van der Waals surface area (Å²) in [6.07, 6.45) is 8.27. The largest absolute Gasteiger partial charge is 0.353 e. The van der Waals surface area contributed by atoms with Crippen molar-refractivity contribution < 1.29 is 0 Å². The molecule has 1 aliphatic rings. The molecule has 0 N–H and O–H groups in total. The van der Waals surface area contributed by atoms with Gasteiger partial charge in [0, 0.05) is 32.5 Å². The number of nitrogens with zero attached hydrogens (tertiary/aromatic N) is 8. The molecule has 1 aliphatic heterocycles. The predicted octanol–water partition coefficient (Wildman–Crippen LogP) is 2.12. The lowest BCUT2D eigenvalue weighted by Gasteiger charge is -2.42. The maximum atomic E-state index is 4.58. The molecule has 0 saturated carbocycles. The minimum atomic E-state index is 0.331. The molecule has 1 fully saturated rings. The van der Waals surface area contributed by atoms with E-state index in [4.69, 9.17) is 0 Å². The lowest BCUT2D eigenvalue weighted by molar-refractivity contribution is 0.365. The van der Waals surface area contributed by atoms with Crippen molar-refractivity contribution in [3.05, 3.63) is 49.3 Å². The second-order valence-electron chi connectivity index (χ2n) is 7.23. The molecule has 0 bridgehead atoms. The van der Waals surface area contributed by atoms with Crippen molar-refractivity contribution >= 4 is 22.7 Å². The Hall–Kier alpha value is -3.16. The summed E-state index contributed by atoms with van der Waals surface area (Å²) in [6.45, 7) is 4.21. The van der Waals surface area contributed by atoms with Gasteiger partial charge in [0.1, 0.15) is 23.7 Å². The Morgan fingerprint density at radius 1 is 1.00 bits per heavy atom. The SMILES string of the molecule is CC1CCN(c2ncnn3cccc23)CC1N(C)c1ncnn2cccc12. The highest BCUT2D eigenvalue weighted by Crippen LogP contribution is 2.30. The van der Waals surface area contributed by atoms with Gasteiger partial charge in [-0.15, -0.1) is 0 Å². The zero-order valence-electron chi connectivity index (χ0n) is 15.5. The molecule has 8 heteroatoms. The van der Waals surface area contributed by atoms with E-state index in [0.717, 1.165) is 42.2 Å². The van der Waals surface area contributed by atoms with Crippen molar-refractivity contribution in [2.45, 2.75) is 19.4 Å². The molecule has 8 nitrogen and oxygen atoms in total. The van der Waals surface area contributed by atoms with E-state index in [9.17, 15) is 0 Å². The van der Waals surface area contributed by atoms with E-state index in [-0.39, 0.29) is 0 Å². The van der Waals surface area contributed by atoms with Crippen LogP contribution in [0.3, 0.4) is 0 Å². The highest BCUT2D eigenvalue weighted by molar-refractivity contribution is 5.70. The van der Waals surface area contributed by atoms with Crippen molar-refractivity contribution in [2.75, 3.05) is 29.9 Å². The van der Waals surface area contributed by atoms with Crippen molar-refractivity contribution in [3.63, 3.8) is 0 Å². The summed E-state index contributed by atoms with van der Waals surface area (Å²) in [6, 6.07) is 8.47. The Kier molecular flexibility index (Phi) is 3.70. The Labute approximate surface area is 157 Å². The van der Waals surface area contributed by atoms with Gasteiger partial charge in [-0.3, -0.25) is 0 Å². The molecular formula is C19H22N8. The number of piperidine rings is 1. The minimum absolute atomic E-state index is 0.331. The standard InChI is InChI=1S/C19H22N8/c1-14-7-10-25(19-16-6-4-9-27(16)23-13-21-19)11-17(14)24(2)18-15-5-3-8-26(15)22-12-20-18/h3-6,8-9,12-14,17H,7,10-11H2,1-2H3. The molecule has 0 radical (unpaired) electrons. The van der Waals surface area contributed by atoms with Crippen molar-refractivity contribution in [2.24, 2.45) is 5.92 Å². The summed E-state index contributed by atoms with van der Waals surface area (Å²) in [4.78, 5) is 13.8. The molecule has 0 amide bonds. The molecule has 0 aliphatic carbocycles. The van der Waals surface area contributed by atoms with Crippen LogP contribution in [0.5, 0.6) is 0 Å². The van der Waals surface area contributed by atoms with Gasteiger partial charge in [0.15, 0.2) is 11.6 Å². The van der Waals surface area contributed by atoms with E-state index in [2.05, 4.69) is 56.1 Å². The van der Waals surface area contributed by atoms with Crippen LogP contribution in [-0.4, -0.2) is 55.4 Å². The molecule has 2 unspecified atom stereocenters. The first-order valence-corrected chi connectivity index (χ1v) is 9.27. The molecule has 2 atom stereocenters. The lowest BCUT2D eigenvalue weighted by Crippen LogP contribution is -2.51. The Bertz CT molecular complexity index is 1080. The van der Waals surface area contributed by atoms with Crippen LogP contribution in [0, 0.1) is 5.92 Å². The smallest absolute Gasteiger partial charge is 0.156 e. The van der Waals surface area contributed by atoms with Gasteiger partial charge in [0.05, 0.1) is 6.04 Å². The zero-order valence-corrected chi connectivity index (χ0v) is 15.5. The summed E-state index contributed by atoms with van der Waals surface area (Å²) >= 11 is 0. The fourth-order valence-electron chi connectivity index (χ4n) is 4.12. The predicted molar refractivity (Wildman–Crippen MR) is 104 cm³/mol. The number of rotatable bonds is 3. The molecule has 138 valence electrons. The number of likely N-dealkylation sites (N-methyl/N-ethyl adjacent to an activating group) is 1. The van der Waals surface area contributed by atoms with Crippen LogP contribution in [-0.2, 0) is 0 Å². The van der Waals surface area contributed by atoms with Crippen LogP contribution >= 0.6 is 0 Å². The normalized spacial score (nSPS) is 20.4. The molecular weight excluding hydrogens is 340 g/mol. The first-order valence-electron chi connectivity index (χ1n) is 9.27. The summed E-state index contributed by atoms with van der Waals surface area (Å²) < 4.78 is 3.76. The molecule has 4 aromatic rings. The lowest BCUT2D eigenvalue weighted by atomic mass is 9.92. The van der Waals surface area contributed by atoms with E-state index in [1.165, 1.54) is 0 Å². The van der Waals surface area contributed by atoms with E-state index in [1.54, 1.807) is 12.7 Å². The van der Waals surface area contributed by atoms with Crippen LogP contribution in [0.15, 0.2) is 49.3 Å². The number of aromatic nitrogens is 6. The summed E-state index contributed by atoms with van der Waals surface area (Å²) in [7, 11) is 2.13. The van der Waals surface area contributed by atoms with Crippen LogP contribution in [0.1, 0.15) is 13.3 Å². The van der Waals surface area contributed by atoms with Gasteiger partial charge in [-0.05, 0) is 36.6 Å². The minimum Gasteiger partial charge on any atom is -0.353 e. The number of hydrogen-bond acceptors (Lipinski definition) is 6. The van der Waals surface area contributed by atoms with E-state index < -0.39 is 0 Å². The van der Waals surface area contributed by atoms with Gasteiger partial charge in [0.25, 0.3) is 0 Å². The van der Waals surface area contributed by atoms with E-state index in [0.29, 0.717) is 12.0 Å². The third-order valence-electron chi connectivity index (χ3n) is 5.68. The fraction of sp³-hybridized carbons (Fsp3) is 0.368. The summed E-state index contributed by atoms with van der Waals surface area (Å²) in [5.41, 5.74) is 2.07. The molecule has 0 aromatic carbocycles. The third kappa shape index (κ3) is 2.59. The topological polar surface area (TPSA) is 66.9 Å². The second-order valence-corrected chi connectivity index (χ2v) is 7.23. The van der Waals surface area contributed by atoms with Crippen molar-refractivity contribution in [3.8, 4) is 0 Å². The fourth-order valence-corrected chi connectivity index (χ4v) is 4.12. The van der Waals surface area contributed by atoms with Gasteiger partial charge >= 0.3 is 0 Å². The Morgan fingerprint density at radius 2 is 1.70 bits per heavy atom. The van der Waals surface area contributed by atoms with E-state index >= 15 is 0 Å². The number of hydrogen-bond donors (Lipinski definition) is 0. The quantitative estimate of drug-likeness (QED) is 0.556. The molecule has 5 rings (SSSR count). The molecule has 0 spiro atoms. The van der Waals surface area contributed by atoms with Crippen molar-refractivity contribution in [1.82, 2.24) is 29.2 Å². The van der Waals surface area contributed by atoms with Gasteiger partial charge < -0.3 is 9.80 Å². The Morgan fingerprint density at radius 3 is 2.52 bits per heavy atom. The van der Waals surface area contributed by atoms with Gasteiger partial charge in [-0.1, -0.05) is 6.92 Å². The maximum absolute atomic E-state index is 4.58. The Balaban J connectivity index is 1.49. The van der Waals surface area contributed by atoms with Crippen LogP contribution in [0.25, 0.3) is 11.0 Å². The molecule has 5 heterocycles. The van der Waals surface area contributed by atoms with Gasteiger partial charge in [0.2, 0.25) is 0 Å². The monoisotopic (exact) mass is 362 g/mol. The first-order chi connectivity index (χ1) is 13.2. The van der Waals surface area contributed by atoms with Gasteiger partial charge in [-0.2, -0.15) is 10.2 Å².